The Morgan fingerprint density at radius 2 is 2.11 bits per heavy atom. The van der Waals surface area contributed by atoms with Crippen molar-refractivity contribution in [2.75, 3.05) is 19.6 Å². The Hall–Kier alpha value is -0.280. The summed E-state index contributed by atoms with van der Waals surface area (Å²) in [5.74, 6) is 0.289. The summed E-state index contributed by atoms with van der Waals surface area (Å²) in [6.45, 7) is 5.28. The molecule has 2 nitrogen and oxygen atoms in total. The second-order valence-electron chi connectivity index (χ2n) is 5.37. The normalized spacial score (nSPS) is 24.6. The predicted molar refractivity (Wildman–Crippen MR) is 81.0 cm³/mol. The number of aliphatic hydroxyl groups is 1. The third kappa shape index (κ3) is 4.09. The van der Waals surface area contributed by atoms with E-state index in [1.54, 1.807) is 0 Å². The lowest BCUT2D eigenvalue weighted by Crippen LogP contribution is -2.44. The van der Waals surface area contributed by atoms with Crippen LogP contribution in [0.4, 0.5) is 0 Å². The van der Waals surface area contributed by atoms with E-state index in [2.05, 4.69) is 11.8 Å². The van der Waals surface area contributed by atoms with Gasteiger partial charge in [-0.15, -0.1) is 0 Å². The average Bonchev–Trinajstić information content (AvgIpc) is 2.38. The van der Waals surface area contributed by atoms with Crippen LogP contribution in [0.2, 0.25) is 10.0 Å². The molecule has 1 aliphatic heterocycles. The first-order valence-electron chi connectivity index (χ1n) is 6.94. The van der Waals surface area contributed by atoms with Gasteiger partial charge in [-0.1, -0.05) is 36.2 Å². The van der Waals surface area contributed by atoms with E-state index in [1.807, 2.05) is 18.2 Å². The van der Waals surface area contributed by atoms with Crippen LogP contribution in [0.5, 0.6) is 0 Å². The van der Waals surface area contributed by atoms with Crippen LogP contribution in [-0.2, 0) is 6.42 Å². The molecule has 4 heteroatoms. The molecule has 0 saturated carbocycles. The molecular formula is C15H21Cl2NO. The molecule has 106 valence electrons. The van der Waals surface area contributed by atoms with Crippen molar-refractivity contribution in [3.8, 4) is 0 Å². The third-order valence-electron chi connectivity index (χ3n) is 3.80. The molecule has 2 rings (SSSR count). The second kappa shape index (κ2) is 6.94. The van der Waals surface area contributed by atoms with E-state index in [9.17, 15) is 5.11 Å². The number of likely N-dealkylation sites (tertiary alicyclic amines) is 1. The van der Waals surface area contributed by atoms with E-state index in [0.717, 1.165) is 44.5 Å². The third-order valence-corrected chi connectivity index (χ3v) is 4.54. The van der Waals surface area contributed by atoms with Crippen molar-refractivity contribution in [1.29, 1.82) is 0 Å². The van der Waals surface area contributed by atoms with Gasteiger partial charge in [-0.2, -0.15) is 0 Å². The van der Waals surface area contributed by atoms with Gasteiger partial charge in [0.1, 0.15) is 0 Å². The predicted octanol–water partition coefficient (Wildman–Crippen LogP) is 3.63. The summed E-state index contributed by atoms with van der Waals surface area (Å²) in [7, 11) is 0. The lowest BCUT2D eigenvalue weighted by Gasteiger charge is -2.36. The van der Waals surface area contributed by atoms with Crippen LogP contribution in [0.25, 0.3) is 0 Å². The van der Waals surface area contributed by atoms with Crippen molar-refractivity contribution in [3.05, 3.63) is 33.8 Å². The van der Waals surface area contributed by atoms with Gasteiger partial charge in [-0.25, -0.2) is 0 Å². The summed E-state index contributed by atoms with van der Waals surface area (Å²) in [6.07, 6.45) is 2.68. The molecule has 0 radical (unpaired) electrons. The number of hydrogen-bond donors (Lipinski definition) is 1. The highest BCUT2D eigenvalue weighted by Gasteiger charge is 2.27. The van der Waals surface area contributed by atoms with Gasteiger partial charge in [0, 0.05) is 19.0 Å². The van der Waals surface area contributed by atoms with Crippen LogP contribution in [0.3, 0.4) is 0 Å². The largest absolute Gasteiger partial charge is 0.393 e. The Kier molecular flexibility index (Phi) is 5.52. The van der Waals surface area contributed by atoms with E-state index in [0.29, 0.717) is 10.0 Å². The summed E-state index contributed by atoms with van der Waals surface area (Å²) < 4.78 is 0. The van der Waals surface area contributed by atoms with Gasteiger partial charge in [0.2, 0.25) is 0 Å². The van der Waals surface area contributed by atoms with Crippen LogP contribution in [0.1, 0.15) is 25.3 Å². The topological polar surface area (TPSA) is 23.5 Å². The van der Waals surface area contributed by atoms with Crippen molar-refractivity contribution >= 4 is 23.2 Å². The summed E-state index contributed by atoms with van der Waals surface area (Å²) in [6, 6.07) is 5.74. The first kappa shape index (κ1) is 15.1. The van der Waals surface area contributed by atoms with Gasteiger partial charge in [0.15, 0.2) is 0 Å². The van der Waals surface area contributed by atoms with Crippen LogP contribution in [-0.4, -0.2) is 35.7 Å². The standard InChI is InChI=1S/C15H21Cl2NO/c1-2-6-18-7-5-15(19)12(10-18)8-11-3-4-13(16)14(17)9-11/h3-4,9,12,15,19H,2,5-8,10H2,1H3. The maximum absolute atomic E-state index is 10.2. The molecule has 1 heterocycles. The highest BCUT2D eigenvalue weighted by Crippen LogP contribution is 2.26. The molecule has 1 aromatic rings. The van der Waals surface area contributed by atoms with Gasteiger partial charge in [-0.05, 0) is 43.5 Å². The Morgan fingerprint density at radius 1 is 1.32 bits per heavy atom. The maximum atomic E-state index is 10.2. The van der Waals surface area contributed by atoms with E-state index in [4.69, 9.17) is 23.2 Å². The number of aliphatic hydroxyl groups excluding tert-OH is 1. The molecule has 1 fully saturated rings. The van der Waals surface area contributed by atoms with Crippen LogP contribution >= 0.6 is 23.2 Å². The second-order valence-corrected chi connectivity index (χ2v) is 6.18. The molecule has 2 unspecified atom stereocenters. The van der Waals surface area contributed by atoms with Crippen LogP contribution < -0.4 is 0 Å². The highest BCUT2D eigenvalue weighted by molar-refractivity contribution is 6.42. The molecule has 0 aliphatic carbocycles. The summed E-state index contributed by atoms with van der Waals surface area (Å²) in [4.78, 5) is 2.44. The van der Waals surface area contributed by atoms with Crippen LogP contribution in [0.15, 0.2) is 18.2 Å². The summed E-state index contributed by atoms with van der Waals surface area (Å²) in [5, 5.41) is 11.3. The minimum atomic E-state index is -0.206. The summed E-state index contributed by atoms with van der Waals surface area (Å²) in [5.41, 5.74) is 1.15. The molecule has 0 aromatic heterocycles. The summed E-state index contributed by atoms with van der Waals surface area (Å²) >= 11 is 12.0. The van der Waals surface area contributed by atoms with Gasteiger partial charge in [0.05, 0.1) is 16.1 Å². The molecular weight excluding hydrogens is 281 g/mol. The molecule has 1 aliphatic rings. The smallest absolute Gasteiger partial charge is 0.0596 e. The fourth-order valence-corrected chi connectivity index (χ4v) is 3.11. The fourth-order valence-electron chi connectivity index (χ4n) is 2.78. The molecule has 0 bridgehead atoms. The van der Waals surface area contributed by atoms with Crippen molar-refractivity contribution < 1.29 is 5.11 Å². The first-order chi connectivity index (χ1) is 9.10. The van der Waals surface area contributed by atoms with E-state index in [1.165, 1.54) is 0 Å². The average molecular weight is 302 g/mol. The number of piperidine rings is 1. The SMILES string of the molecule is CCCN1CCC(O)C(Cc2ccc(Cl)c(Cl)c2)C1. The molecule has 1 N–H and O–H groups in total. The highest BCUT2D eigenvalue weighted by atomic mass is 35.5. The Balaban J connectivity index is 2.01. The molecule has 1 saturated heterocycles. The first-order valence-corrected chi connectivity index (χ1v) is 7.70. The van der Waals surface area contributed by atoms with E-state index in [-0.39, 0.29) is 12.0 Å². The quantitative estimate of drug-likeness (QED) is 0.918. The minimum Gasteiger partial charge on any atom is -0.393 e. The monoisotopic (exact) mass is 301 g/mol. The van der Waals surface area contributed by atoms with Crippen molar-refractivity contribution in [2.45, 2.75) is 32.3 Å². The number of benzene rings is 1. The fraction of sp³-hybridized carbons (Fsp3) is 0.600. The molecule has 2 atom stereocenters. The number of nitrogens with zero attached hydrogens (tertiary/aromatic N) is 1. The van der Waals surface area contributed by atoms with Gasteiger partial charge < -0.3 is 10.0 Å². The molecule has 1 aromatic carbocycles. The zero-order valence-electron chi connectivity index (χ0n) is 11.3. The van der Waals surface area contributed by atoms with E-state index < -0.39 is 0 Å². The zero-order valence-corrected chi connectivity index (χ0v) is 12.8. The lowest BCUT2D eigenvalue weighted by atomic mass is 9.88. The lowest BCUT2D eigenvalue weighted by molar-refractivity contribution is 0.0270. The Bertz CT molecular complexity index is 425. The maximum Gasteiger partial charge on any atom is 0.0596 e. The van der Waals surface area contributed by atoms with Crippen molar-refractivity contribution in [1.82, 2.24) is 4.90 Å². The van der Waals surface area contributed by atoms with Crippen LogP contribution in [0, 0.1) is 5.92 Å². The Labute approximate surface area is 125 Å². The van der Waals surface area contributed by atoms with Crippen molar-refractivity contribution in [3.63, 3.8) is 0 Å². The molecule has 0 spiro atoms. The van der Waals surface area contributed by atoms with Gasteiger partial charge >= 0.3 is 0 Å². The van der Waals surface area contributed by atoms with Gasteiger partial charge in [-0.3, -0.25) is 0 Å². The molecule has 0 amide bonds. The van der Waals surface area contributed by atoms with E-state index >= 15 is 0 Å². The number of halogens is 2. The minimum absolute atomic E-state index is 0.206. The van der Waals surface area contributed by atoms with Crippen molar-refractivity contribution in [2.24, 2.45) is 5.92 Å². The Morgan fingerprint density at radius 3 is 2.79 bits per heavy atom. The molecule has 19 heavy (non-hydrogen) atoms. The van der Waals surface area contributed by atoms with Gasteiger partial charge in [0.25, 0.3) is 0 Å². The zero-order chi connectivity index (χ0) is 13.8. The number of hydrogen-bond acceptors (Lipinski definition) is 2. The number of rotatable bonds is 4.